The molecule has 2 aliphatic rings. The van der Waals surface area contributed by atoms with E-state index < -0.39 is 0 Å². The molecule has 1 atom stereocenters. The van der Waals surface area contributed by atoms with Crippen LogP contribution in [0.1, 0.15) is 24.8 Å². The van der Waals surface area contributed by atoms with Crippen LogP contribution in [0.3, 0.4) is 0 Å². The van der Waals surface area contributed by atoms with Crippen molar-refractivity contribution in [1.29, 1.82) is 0 Å². The molecule has 0 bridgehead atoms. The first-order valence-electron chi connectivity index (χ1n) is 8.69. The minimum absolute atomic E-state index is 0.604. The van der Waals surface area contributed by atoms with Crippen molar-refractivity contribution in [2.24, 2.45) is 5.92 Å². The van der Waals surface area contributed by atoms with Crippen LogP contribution in [0, 0.1) is 5.92 Å². The lowest BCUT2D eigenvalue weighted by atomic mass is 10.0. The average molecular weight is 315 g/mol. The van der Waals surface area contributed by atoms with E-state index in [2.05, 4.69) is 25.2 Å². The molecule has 2 aromatic heterocycles. The monoisotopic (exact) mass is 315 g/mol. The molecule has 0 aliphatic carbocycles. The van der Waals surface area contributed by atoms with Gasteiger partial charge in [-0.15, -0.1) is 0 Å². The largest absolute Gasteiger partial charge is 0.381 e. The summed E-state index contributed by atoms with van der Waals surface area (Å²) >= 11 is 0. The molecular weight excluding hydrogens is 290 g/mol. The summed E-state index contributed by atoms with van der Waals surface area (Å²) in [6.07, 6.45) is 9.18. The molecular formula is C17H25N5O. The van der Waals surface area contributed by atoms with Crippen LogP contribution >= 0.6 is 0 Å². The summed E-state index contributed by atoms with van der Waals surface area (Å²) < 4.78 is 5.48. The highest BCUT2D eigenvalue weighted by atomic mass is 16.5. The van der Waals surface area contributed by atoms with Crippen molar-refractivity contribution in [3.8, 4) is 0 Å². The van der Waals surface area contributed by atoms with Crippen molar-refractivity contribution in [3.05, 3.63) is 24.2 Å². The molecule has 124 valence electrons. The second kappa shape index (κ2) is 6.95. The minimum atomic E-state index is 0.604. The van der Waals surface area contributed by atoms with E-state index in [-0.39, 0.29) is 0 Å². The number of fused-ring (bicyclic) bond motifs is 1. The number of ether oxygens (including phenoxy) is 1. The Morgan fingerprint density at radius 3 is 2.91 bits per heavy atom. The highest BCUT2D eigenvalue weighted by Gasteiger charge is 2.23. The number of rotatable bonds is 5. The number of nitrogens with zero attached hydrogens (tertiary/aromatic N) is 3. The number of aromatic nitrogens is 3. The third-order valence-electron chi connectivity index (χ3n) is 5.09. The molecule has 23 heavy (non-hydrogen) atoms. The topological polar surface area (TPSA) is 66.1 Å². The van der Waals surface area contributed by atoms with Crippen LogP contribution in [0.5, 0.6) is 0 Å². The van der Waals surface area contributed by atoms with Gasteiger partial charge in [0.15, 0.2) is 5.65 Å². The van der Waals surface area contributed by atoms with Crippen molar-refractivity contribution in [1.82, 2.24) is 25.2 Å². The normalized spacial score (nSPS) is 23.7. The summed E-state index contributed by atoms with van der Waals surface area (Å²) in [6, 6.07) is 0.604. The smallest absolute Gasteiger partial charge is 0.156 e. The Bertz CT molecular complexity index is 629. The van der Waals surface area contributed by atoms with Gasteiger partial charge >= 0.3 is 0 Å². The van der Waals surface area contributed by atoms with Crippen LogP contribution < -0.4 is 5.32 Å². The first kappa shape index (κ1) is 15.1. The van der Waals surface area contributed by atoms with E-state index >= 15 is 0 Å². The van der Waals surface area contributed by atoms with Crippen molar-refractivity contribution in [2.45, 2.75) is 31.8 Å². The Labute approximate surface area is 136 Å². The number of piperidine rings is 1. The van der Waals surface area contributed by atoms with Gasteiger partial charge in [-0.1, -0.05) is 0 Å². The summed E-state index contributed by atoms with van der Waals surface area (Å²) in [5.74, 6) is 0.754. The van der Waals surface area contributed by atoms with Gasteiger partial charge in [0.1, 0.15) is 5.52 Å². The first-order valence-corrected chi connectivity index (χ1v) is 8.69. The SMILES string of the molecule is c1cnc2c(CNC3CCN(CC4CCOC4)CC3)c[nH]c2n1. The Morgan fingerprint density at radius 1 is 1.22 bits per heavy atom. The number of hydrogen-bond donors (Lipinski definition) is 2. The van der Waals surface area contributed by atoms with E-state index in [1.807, 2.05) is 6.20 Å². The van der Waals surface area contributed by atoms with Crippen LogP contribution in [0.4, 0.5) is 0 Å². The first-order chi connectivity index (χ1) is 11.4. The molecule has 2 aromatic rings. The van der Waals surface area contributed by atoms with E-state index in [4.69, 9.17) is 4.74 Å². The Hall–Kier alpha value is -1.50. The van der Waals surface area contributed by atoms with Gasteiger partial charge in [-0.3, -0.25) is 4.98 Å². The summed E-state index contributed by atoms with van der Waals surface area (Å²) in [5.41, 5.74) is 3.07. The molecule has 0 radical (unpaired) electrons. The molecule has 2 saturated heterocycles. The van der Waals surface area contributed by atoms with E-state index in [0.717, 1.165) is 36.8 Å². The Kier molecular flexibility index (Phi) is 4.55. The summed E-state index contributed by atoms with van der Waals surface area (Å²) in [5, 5.41) is 3.69. The second-order valence-electron chi connectivity index (χ2n) is 6.75. The third kappa shape index (κ3) is 3.54. The molecule has 4 rings (SSSR count). The number of H-pyrrole nitrogens is 1. The maximum Gasteiger partial charge on any atom is 0.156 e. The number of aromatic amines is 1. The van der Waals surface area contributed by atoms with Crippen molar-refractivity contribution in [2.75, 3.05) is 32.8 Å². The molecule has 4 heterocycles. The lowest BCUT2D eigenvalue weighted by Gasteiger charge is -2.33. The molecule has 2 N–H and O–H groups in total. The van der Waals surface area contributed by atoms with Crippen molar-refractivity contribution in [3.63, 3.8) is 0 Å². The number of hydrogen-bond acceptors (Lipinski definition) is 5. The molecule has 6 heteroatoms. The average Bonchev–Trinajstić information content (AvgIpc) is 3.24. The quantitative estimate of drug-likeness (QED) is 0.876. The third-order valence-corrected chi connectivity index (χ3v) is 5.09. The summed E-state index contributed by atoms with van der Waals surface area (Å²) in [7, 11) is 0. The lowest BCUT2D eigenvalue weighted by Crippen LogP contribution is -2.43. The van der Waals surface area contributed by atoms with Gasteiger partial charge in [0.05, 0.1) is 6.61 Å². The molecule has 2 fully saturated rings. The van der Waals surface area contributed by atoms with Crippen LogP contribution in [0.2, 0.25) is 0 Å². The zero-order valence-corrected chi connectivity index (χ0v) is 13.5. The number of nitrogens with one attached hydrogen (secondary N) is 2. The lowest BCUT2D eigenvalue weighted by molar-refractivity contribution is 0.147. The molecule has 0 aromatic carbocycles. The molecule has 0 saturated carbocycles. The predicted octanol–water partition coefficient (Wildman–Crippen LogP) is 1.55. The highest BCUT2D eigenvalue weighted by Crippen LogP contribution is 2.18. The van der Waals surface area contributed by atoms with Crippen LogP contribution in [0.25, 0.3) is 11.2 Å². The fraction of sp³-hybridized carbons (Fsp3) is 0.647. The predicted molar refractivity (Wildman–Crippen MR) is 89.1 cm³/mol. The maximum atomic E-state index is 5.48. The summed E-state index contributed by atoms with van der Waals surface area (Å²) in [4.78, 5) is 14.5. The van der Waals surface area contributed by atoms with Crippen LogP contribution in [-0.2, 0) is 11.3 Å². The van der Waals surface area contributed by atoms with Gasteiger partial charge < -0.3 is 19.9 Å². The highest BCUT2D eigenvalue weighted by molar-refractivity contribution is 5.74. The van der Waals surface area contributed by atoms with Gasteiger partial charge in [0, 0.05) is 49.9 Å². The molecule has 0 spiro atoms. The molecule has 0 amide bonds. The van der Waals surface area contributed by atoms with E-state index in [1.165, 1.54) is 44.5 Å². The van der Waals surface area contributed by atoms with Gasteiger partial charge in [0.2, 0.25) is 0 Å². The van der Waals surface area contributed by atoms with Crippen molar-refractivity contribution >= 4 is 11.2 Å². The zero-order chi connectivity index (χ0) is 15.5. The summed E-state index contributed by atoms with van der Waals surface area (Å²) in [6.45, 7) is 6.38. The van der Waals surface area contributed by atoms with Gasteiger partial charge in [0.25, 0.3) is 0 Å². The van der Waals surface area contributed by atoms with Crippen LogP contribution in [-0.4, -0.2) is 58.7 Å². The van der Waals surface area contributed by atoms with E-state index in [9.17, 15) is 0 Å². The fourth-order valence-electron chi connectivity index (χ4n) is 3.70. The van der Waals surface area contributed by atoms with Crippen molar-refractivity contribution < 1.29 is 4.74 Å². The molecule has 6 nitrogen and oxygen atoms in total. The van der Waals surface area contributed by atoms with E-state index in [1.54, 1.807) is 12.4 Å². The van der Waals surface area contributed by atoms with Gasteiger partial charge in [-0.25, -0.2) is 4.98 Å². The second-order valence-corrected chi connectivity index (χ2v) is 6.75. The fourth-order valence-corrected chi connectivity index (χ4v) is 3.70. The van der Waals surface area contributed by atoms with Gasteiger partial charge in [-0.2, -0.15) is 0 Å². The van der Waals surface area contributed by atoms with Crippen LogP contribution in [0.15, 0.2) is 18.6 Å². The molecule has 2 aliphatic heterocycles. The van der Waals surface area contributed by atoms with E-state index in [0.29, 0.717) is 6.04 Å². The molecule has 1 unspecified atom stereocenters. The Morgan fingerprint density at radius 2 is 2.09 bits per heavy atom. The van der Waals surface area contributed by atoms with Gasteiger partial charge in [-0.05, 0) is 38.3 Å². The minimum Gasteiger partial charge on any atom is -0.381 e. The number of likely N-dealkylation sites (tertiary alicyclic amines) is 1. The maximum absolute atomic E-state index is 5.48. The zero-order valence-electron chi connectivity index (χ0n) is 13.5. The Balaban J connectivity index is 1.25. The standard InChI is InChI=1S/C17H25N5O/c1-6-22(11-13-3-8-23-12-13)7-2-15(1)20-9-14-10-21-17-16(14)18-4-5-19-17/h4-5,10,13,15,20H,1-3,6-9,11-12H2,(H,19,21).